The Hall–Kier alpha value is -2.66. The molecule has 0 heterocycles. The Labute approximate surface area is 148 Å². The van der Waals surface area contributed by atoms with E-state index in [0.717, 1.165) is 5.69 Å². The molecule has 5 heteroatoms. The summed E-state index contributed by atoms with van der Waals surface area (Å²) >= 11 is 0. The fraction of sp³-hybridized carbons (Fsp3) is 0.300. The second kappa shape index (κ2) is 8.44. The van der Waals surface area contributed by atoms with Gasteiger partial charge in [0, 0.05) is 24.0 Å². The largest absolute Gasteiger partial charge is 0.392 e. The Morgan fingerprint density at radius 2 is 1.76 bits per heavy atom. The molecular formula is C20H24N2O3. The number of nitrogens with one attached hydrogen (secondary N) is 1. The summed E-state index contributed by atoms with van der Waals surface area (Å²) in [4.78, 5) is 26.2. The van der Waals surface area contributed by atoms with Gasteiger partial charge in [0.2, 0.25) is 5.91 Å². The van der Waals surface area contributed by atoms with E-state index < -0.39 is 6.10 Å². The zero-order chi connectivity index (χ0) is 18.4. The molecule has 2 rings (SSSR count). The second-order valence-electron chi connectivity index (χ2n) is 6.34. The highest BCUT2D eigenvalue weighted by molar-refractivity contribution is 6.06. The van der Waals surface area contributed by atoms with Gasteiger partial charge in [-0.1, -0.05) is 38.1 Å². The zero-order valence-electron chi connectivity index (χ0n) is 14.8. The molecule has 0 radical (unpaired) electrons. The van der Waals surface area contributed by atoms with Crippen molar-refractivity contribution in [3.63, 3.8) is 0 Å². The number of para-hydroxylation sites is 1. The van der Waals surface area contributed by atoms with E-state index in [-0.39, 0.29) is 24.2 Å². The van der Waals surface area contributed by atoms with Crippen LogP contribution < -0.4 is 10.2 Å². The van der Waals surface area contributed by atoms with E-state index in [1.165, 1.54) is 0 Å². The number of benzene rings is 2. The van der Waals surface area contributed by atoms with Gasteiger partial charge in [0.25, 0.3) is 5.91 Å². The first-order valence-corrected chi connectivity index (χ1v) is 8.29. The first-order chi connectivity index (χ1) is 11.9. The standard InChI is InChI=1S/C20H24N2O3/c1-14(2)18(23)13-19(24)21-16-9-7-8-15(12-16)20(25)22(3)17-10-5-4-6-11-17/h4-12,14,18,23H,13H2,1-3H3,(H,21,24). The first kappa shape index (κ1) is 18.7. The van der Waals surface area contributed by atoms with Crippen LogP contribution >= 0.6 is 0 Å². The van der Waals surface area contributed by atoms with Crippen molar-refractivity contribution in [1.29, 1.82) is 0 Å². The quantitative estimate of drug-likeness (QED) is 0.847. The van der Waals surface area contributed by atoms with E-state index >= 15 is 0 Å². The van der Waals surface area contributed by atoms with Crippen LogP contribution in [0.4, 0.5) is 11.4 Å². The smallest absolute Gasteiger partial charge is 0.258 e. The number of carbonyl (C=O) groups is 2. The van der Waals surface area contributed by atoms with Crippen molar-refractivity contribution in [2.24, 2.45) is 5.92 Å². The molecule has 0 aliphatic rings. The number of carbonyl (C=O) groups excluding carboxylic acids is 2. The van der Waals surface area contributed by atoms with Crippen molar-refractivity contribution in [3.05, 3.63) is 60.2 Å². The maximum absolute atomic E-state index is 12.6. The monoisotopic (exact) mass is 340 g/mol. The number of rotatable bonds is 6. The number of anilines is 2. The number of nitrogens with zero attached hydrogens (tertiary/aromatic N) is 1. The third kappa shape index (κ3) is 5.16. The molecular weight excluding hydrogens is 316 g/mol. The molecule has 0 bridgehead atoms. The van der Waals surface area contributed by atoms with E-state index in [1.54, 1.807) is 36.2 Å². The van der Waals surface area contributed by atoms with Gasteiger partial charge in [-0.05, 0) is 36.2 Å². The molecule has 0 fully saturated rings. The van der Waals surface area contributed by atoms with Crippen LogP contribution in [0, 0.1) is 5.92 Å². The topological polar surface area (TPSA) is 69.6 Å². The average Bonchev–Trinajstić information content (AvgIpc) is 2.61. The molecule has 0 aliphatic heterocycles. The lowest BCUT2D eigenvalue weighted by molar-refractivity contribution is -0.118. The molecule has 1 atom stereocenters. The normalized spacial score (nSPS) is 11.9. The van der Waals surface area contributed by atoms with Gasteiger partial charge in [0.15, 0.2) is 0 Å². The molecule has 0 saturated carbocycles. The summed E-state index contributed by atoms with van der Waals surface area (Å²) in [5.74, 6) is -0.426. The van der Waals surface area contributed by atoms with Crippen LogP contribution in [-0.4, -0.2) is 30.1 Å². The number of hydrogen-bond donors (Lipinski definition) is 2. The maximum Gasteiger partial charge on any atom is 0.258 e. The van der Waals surface area contributed by atoms with Crippen LogP contribution in [-0.2, 0) is 4.79 Å². The van der Waals surface area contributed by atoms with Gasteiger partial charge < -0.3 is 15.3 Å². The van der Waals surface area contributed by atoms with E-state index in [4.69, 9.17) is 0 Å². The van der Waals surface area contributed by atoms with Gasteiger partial charge in [-0.15, -0.1) is 0 Å². The van der Waals surface area contributed by atoms with Crippen LogP contribution in [0.5, 0.6) is 0 Å². The molecule has 132 valence electrons. The summed E-state index contributed by atoms with van der Waals surface area (Å²) in [7, 11) is 1.71. The zero-order valence-corrected chi connectivity index (χ0v) is 14.8. The minimum atomic E-state index is -0.686. The lowest BCUT2D eigenvalue weighted by Crippen LogP contribution is -2.26. The average molecular weight is 340 g/mol. The molecule has 2 N–H and O–H groups in total. The van der Waals surface area contributed by atoms with Gasteiger partial charge in [0.1, 0.15) is 0 Å². The Morgan fingerprint density at radius 3 is 2.40 bits per heavy atom. The van der Waals surface area contributed by atoms with Crippen molar-refractivity contribution >= 4 is 23.2 Å². The second-order valence-corrected chi connectivity index (χ2v) is 6.34. The number of hydrogen-bond acceptors (Lipinski definition) is 3. The van der Waals surface area contributed by atoms with Gasteiger partial charge in [-0.3, -0.25) is 9.59 Å². The third-order valence-electron chi connectivity index (χ3n) is 4.01. The Bertz CT molecular complexity index is 729. The minimum Gasteiger partial charge on any atom is -0.392 e. The Kier molecular flexibility index (Phi) is 6.31. The van der Waals surface area contributed by atoms with Gasteiger partial charge in [0.05, 0.1) is 12.5 Å². The van der Waals surface area contributed by atoms with E-state index in [2.05, 4.69) is 5.32 Å². The predicted octanol–water partition coefficient (Wildman–Crippen LogP) is 3.31. The molecule has 0 saturated heterocycles. The summed E-state index contributed by atoms with van der Waals surface area (Å²) in [6.07, 6.45) is -0.659. The first-order valence-electron chi connectivity index (χ1n) is 8.29. The molecule has 2 amide bonds. The van der Waals surface area contributed by atoms with Gasteiger partial charge in [-0.25, -0.2) is 0 Å². The van der Waals surface area contributed by atoms with E-state index in [0.29, 0.717) is 11.3 Å². The van der Waals surface area contributed by atoms with Gasteiger partial charge >= 0.3 is 0 Å². The maximum atomic E-state index is 12.6. The van der Waals surface area contributed by atoms with Crippen LogP contribution in [0.2, 0.25) is 0 Å². The summed E-state index contributed by atoms with van der Waals surface area (Å²) in [6, 6.07) is 16.1. The highest BCUT2D eigenvalue weighted by Crippen LogP contribution is 2.18. The van der Waals surface area contributed by atoms with E-state index in [1.807, 2.05) is 44.2 Å². The molecule has 0 aliphatic carbocycles. The third-order valence-corrected chi connectivity index (χ3v) is 4.01. The molecule has 0 aromatic heterocycles. The van der Waals surface area contributed by atoms with E-state index in [9.17, 15) is 14.7 Å². The highest BCUT2D eigenvalue weighted by atomic mass is 16.3. The molecule has 5 nitrogen and oxygen atoms in total. The summed E-state index contributed by atoms with van der Waals surface area (Å²) < 4.78 is 0. The highest BCUT2D eigenvalue weighted by Gasteiger charge is 2.16. The van der Waals surface area contributed by atoms with Gasteiger partial charge in [-0.2, -0.15) is 0 Å². The van der Waals surface area contributed by atoms with Crippen molar-refractivity contribution < 1.29 is 14.7 Å². The SMILES string of the molecule is CC(C)C(O)CC(=O)Nc1cccc(C(=O)N(C)c2ccccc2)c1. The molecule has 25 heavy (non-hydrogen) atoms. The molecule has 1 unspecified atom stereocenters. The minimum absolute atomic E-state index is 0.0122. The van der Waals surface area contributed by atoms with Crippen molar-refractivity contribution in [2.45, 2.75) is 26.4 Å². The molecule has 2 aromatic carbocycles. The van der Waals surface area contributed by atoms with Crippen molar-refractivity contribution in [1.82, 2.24) is 0 Å². The Balaban J connectivity index is 2.08. The van der Waals surface area contributed by atoms with Crippen LogP contribution in [0.25, 0.3) is 0 Å². The predicted molar refractivity (Wildman–Crippen MR) is 99.7 cm³/mol. The van der Waals surface area contributed by atoms with Crippen molar-refractivity contribution in [3.8, 4) is 0 Å². The lowest BCUT2D eigenvalue weighted by Gasteiger charge is -2.18. The Morgan fingerprint density at radius 1 is 1.08 bits per heavy atom. The van der Waals surface area contributed by atoms with Crippen LogP contribution in [0.3, 0.4) is 0 Å². The number of aliphatic hydroxyl groups is 1. The summed E-state index contributed by atoms with van der Waals surface area (Å²) in [5.41, 5.74) is 1.81. The fourth-order valence-electron chi connectivity index (χ4n) is 2.33. The fourth-order valence-corrected chi connectivity index (χ4v) is 2.33. The summed E-state index contributed by atoms with van der Waals surface area (Å²) in [6.45, 7) is 3.72. The number of aliphatic hydroxyl groups excluding tert-OH is 1. The van der Waals surface area contributed by atoms with Crippen LogP contribution in [0.1, 0.15) is 30.6 Å². The lowest BCUT2D eigenvalue weighted by atomic mass is 10.0. The van der Waals surface area contributed by atoms with Crippen molar-refractivity contribution in [2.75, 3.05) is 17.3 Å². The number of amides is 2. The molecule has 0 spiro atoms. The summed E-state index contributed by atoms with van der Waals surface area (Å²) in [5, 5.41) is 12.5. The molecule has 2 aromatic rings. The van der Waals surface area contributed by atoms with Crippen LogP contribution in [0.15, 0.2) is 54.6 Å².